The number of aromatic nitrogens is 5. The summed E-state index contributed by atoms with van der Waals surface area (Å²) in [4.78, 5) is 22.0. The first-order valence-electron chi connectivity index (χ1n) is 16.0. The Bertz CT molecular complexity index is 2220. The number of hydrogen-bond acceptors (Lipinski definition) is 6. The number of carbonyl (C=O) groups is 1. The zero-order valence-corrected chi connectivity index (χ0v) is 27.9. The Labute approximate surface area is 273 Å². The quantitative estimate of drug-likeness (QED) is 0.202. The number of ether oxygens (including phenoxy) is 2. The molecule has 0 atom stereocenters. The van der Waals surface area contributed by atoms with Crippen LogP contribution in [0, 0.1) is 13.8 Å². The van der Waals surface area contributed by atoms with Crippen LogP contribution in [0.1, 0.15) is 49.6 Å². The number of carboxylic acid groups (broad SMARTS) is 1. The summed E-state index contributed by atoms with van der Waals surface area (Å²) < 4.78 is 16.7. The number of hydrogen-bond donors (Lipinski definition) is 1. The summed E-state index contributed by atoms with van der Waals surface area (Å²) in [5.74, 6) is 0.603. The molecule has 1 aliphatic rings. The van der Waals surface area contributed by atoms with E-state index in [0.29, 0.717) is 23.6 Å². The summed E-state index contributed by atoms with van der Waals surface area (Å²) in [5, 5.41) is 16.4. The van der Waals surface area contributed by atoms with Gasteiger partial charge in [0.25, 0.3) is 0 Å². The molecule has 2 aromatic carbocycles. The number of aliphatic carboxylic acids is 1. The van der Waals surface area contributed by atoms with Gasteiger partial charge in [-0.25, -0.2) is 4.98 Å². The molecule has 1 N–H and O–H groups in total. The molecule has 1 aliphatic heterocycles. The van der Waals surface area contributed by atoms with Gasteiger partial charge in [0.05, 0.1) is 36.1 Å². The lowest BCUT2D eigenvalue weighted by atomic mass is 9.86. The minimum absolute atomic E-state index is 0.160. The highest BCUT2D eigenvalue weighted by atomic mass is 16.5. The minimum atomic E-state index is -0.909. The van der Waals surface area contributed by atoms with Gasteiger partial charge >= 0.3 is 5.97 Å². The molecule has 0 radical (unpaired) electrons. The monoisotopic (exact) mass is 629 g/mol. The van der Waals surface area contributed by atoms with Crippen molar-refractivity contribution in [1.29, 1.82) is 0 Å². The van der Waals surface area contributed by atoms with Crippen LogP contribution in [0.2, 0.25) is 0 Å². The molecule has 0 saturated heterocycles. The molecule has 0 amide bonds. The molecule has 0 spiro atoms. The topological polar surface area (TPSA) is 104 Å². The Morgan fingerprint density at radius 3 is 2.62 bits per heavy atom. The van der Waals surface area contributed by atoms with E-state index in [9.17, 15) is 9.90 Å². The molecular formula is C38H39N5O4. The summed E-state index contributed by atoms with van der Waals surface area (Å²) >= 11 is 0. The maximum atomic E-state index is 12.3. The van der Waals surface area contributed by atoms with Crippen molar-refractivity contribution in [2.75, 3.05) is 6.61 Å². The second-order valence-corrected chi connectivity index (χ2v) is 13.4. The highest BCUT2D eigenvalue weighted by Gasteiger charge is 2.29. The lowest BCUT2D eigenvalue weighted by molar-refractivity contribution is -0.136. The maximum absolute atomic E-state index is 12.3. The fourth-order valence-electron chi connectivity index (χ4n) is 6.87. The molecule has 9 nitrogen and oxygen atoms in total. The fourth-order valence-corrected chi connectivity index (χ4v) is 6.87. The predicted octanol–water partition coefficient (Wildman–Crippen LogP) is 7.60. The van der Waals surface area contributed by atoms with Gasteiger partial charge in [0.2, 0.25) is 0 Å². The third-order valence-corrected chi connectivity index (χ3v) is 9.04. The van der Waals surface area contributed by atoms with E-state index in [0.717, 1.165) is 85.3 Å². The van der Waals surface area contributed by atoms with Crippen LogP contribution in [0.4, 0.5) is 0 Å². The Hall–Kier alpha value is -5.18. The number of benzene rings is 2. The van der Waals surface area contributed by atoms with Crippen molar-refractivity contribution in [3.05, 3.63) is 77.2 Å². The van der Waals surface area contributed by atoms with Crippen LogP contribution in [-0.2, 0) is 31.7 Å². The third-order valence-electron chi connectivity index (χ3n) is 9.04. The van der Waals surface area contributed by atoms with Crippen LogP contribution >= 0.6 is 0 Å². The smallest absolute Gasteiger partial charge is 0.307 e. The molecule has 240 valence electrons. The van der Waals surface area contributed by atoms with E-state index in [-0.39, 0.29) is 6.42 Å². The van der Waals surface area contributed by atoms with Gasteiger partial charge in [-0.15, -0.1) is 0 Å². The second-order valence-electron chi connectivity index (χ2n) is 13.4. The third kappa shape index (κ3) is 5.39. The molecule has 47 heavy (non-hydrogen) atoms. The molecule has 0 unspecified atom stereocenters. The maximum Gasteiger partial charge on any atom is 0.307 e. The van der Waals surface area contributed by atoms with Gasteiger partial charge in [-0.1, -0.05) is 6.07 Å². The molecule has 0 fully saturated rings. The van der Waals surface area contributed by atoms with Gasteiger partial charge in [0.15, 0.2) is 0 Å². The number of fused-ring (bicyclic) bond motifs is 3. The van der Waals surface area contributed by atoms with Crippen molar-refractivity contribution < 1.29 is 19.4 Å². The summed E-state index contributed by atoms with van der Waals surface area (Å²) in [6.45, 7) is 10.7. The fraction of sp³-hybridized carbons (Fsp3) is 0.316. The van der Waals surface area contributed by atoms with Crippen molar-refractivity contribution in [3.63, 3.8) is 0 Å². The Morgan fingerprint density at radius 1 is 1.04 bits per heavy atom. The SMILES string of the molecule is Cc1nc2c(cc(-c3ccnc(-c4ccc5c(cnn5C)c4)c3)n2C)c(-c2c(OC(C)(C)C)cc3c(c2C)CCCO3)c1CC(=O)O. The minimum Gasteiger partial charge on any atom is -0.493 e. The number of aryl methyl sites for hydroxylation is 3. The van der Waals surface area contributed by atoms with E-state index >= 15 is 0 Å². The van der Waals surface area contributed by atoms with Gasteiger partial charge in [-0.05, 0) is 94.5 Å². The largest absolute Gasteiger partial charge is 0.493 e. The van der Waals surface area contributed by atoms with Crippen molar-refractivity contribution in [2.24, 2.45) is 14.1 Å². The first-order valence-corrected chi connectivity index (χ1v) is 16.0. The summed E-state index contributed by atoms with van der Waals surface area (Å²) in [5.41, 5.74) is 10.4. The number of pyridine rings is 2. The average Bonchev–Trinajstić information content (AvgIpc) is 3.56. The summed E-state index contributed by atoms with van der Waals surface area (Å²) in [6, 6.07) is 14.4. The zero-order chi connectivity index (χ0) is 33.2. The Kier molecular flexibility index (Phi) is 7.30. The van der Waals surface area contributed by atoms with Gasteiger partial charge in [-0.3, -0.25) is 14.5 Å². The van der Waals surface area contributed by atoms with Crippen molar-refractivity contribution in [2.45, 2.75) is 59.5 Å². The highest BCUT2D eigenvalue weighted by Crippen LogP contribution is 2.48. The summed E-state index contributed by atoms with van der Waals surface area (Å²) in [6.07, 6.45) is 5.34. The van der Waals surface area contributed by atoms with E-state index in [1.165, 1.54) is 0 Å². The zero-order valence-electron chi connectivity index (χ0n) is 27.9. The number of nitrogens with zero attached hydrogens (tertiary/aromatic N) is 5. The van der Waals surface area contributed by atoms with Gasteiger partial charge in [-0.2, -0.15) is 5.10 Å². The lowest BCUT2D eigenvalue weighted by Gasteiger charge is -2.29. The van der Waals surface area contributed by atoms with Crippen LogP contribution in [0.5, 0.6) is 11.5 Å². The highest BCUT2D eigenvalue weighted by molar-refractivity contribution is 6.02. The van der Waals surface area contributed by atoms with Crippen molar-refractivity contribution in [3.8, 4) is 45.1 Å². The predicted molar refractivity (Wildman–Crippen MR) is 184 cm³/mol. The molecular weight excluding hydrogens is 590 g/mol. The van der Waals surface area contributed by atoms with Crippen LogP contribution in [0.25, 0.3) is 55.6 Å². The molecule has 7 rings (SSSR count). The number of carboxylic acids is 1. The van der Waals surface area contributed by atoms with E-state index < -0.39 is 11.6 Å². The first-order chi connectivity index (χ1) is 22.4. The van der Waals surface area contributed by atoms with Crippen molar-refractivity contribution in [1.82, 2.24) is 24.3 Å². The lowest BCUT2D eigenvalue weighted by Crippen LogP contribution is -2.24. The van der Waals surface area contributed by atoms with Crippen LogP contribution < -0.4 is 9.47 Å². The first kappa shape index (κ1) is 30.5. The van der Waals surface area contributed by atoms with Gasteiger partial charge in [0, 0.05) is 65.1 Å². The molecule has 0 aliphatic carbocycles. The molecule has 4 aromatic heterocycles. The van der Waals surface area contributed by atoms with E-state index in [2.05, 4.69) is 46.9 Å². The van der Waals surface area contributed by atoms with E-state index in [1.807, 2.05) is 71.0 Å². The molecule has 6 aromatic rings. The van der Waals surface area contributed by atoms with Crippen LogP contribution in [0.15, 0.2) is 54.9 Å². The van der Waals surface area contributed by atoms with E-state index in [1.54, 1.807) is 0 Å². The standard InChI is InChI=1S/C38H39N5O4/c1-21-26-9-8-14-46-32(26)19-33(47-38(3,4)5)35(21)36-27(18-34(44)45)22(2)41-37-28(36)17-31(42(37)6)24-12-13-39-29(16-24)23-10-11-30-25(15-23)20-40-43(30)7/h10-13,15-17,19-20H,8-9,14,18H2,1-7H3,(H,44,45). The molecule has 5 heterocycles. The van der Waals surface area contributed by atoms with Gasteiger partial charge < -0.3 is 19.1 Å². The molecule has 0 saturated carbocycles. The normalized spacial score (nSPS) is 13.2. The Balaban J connectivity index is 1.47. The molecule has 0 bridgehead atoms. The van der Waals surface area contributed by atoms with Crippen LogP contribution in [-0.4, -0.2) is 47.6 Å². The second kappa shape index (κ2) is 11.3. The van der Waals surface area contributed by atoms with E-state index in [4.69, 9.17) is 19.4 Å². The summed E-state index contributed by atoms with van der Waals surface area (Å²) in [7, 11) is 3.94. The Morgan fingerprint density at radius 2 is 1.85 bits per heavy atom. The number of rotatable bonds is 6. The molecule has 9 heteroatoms. The van der Waals surface area contributed by atoms with Crippen LogP contribution in [0.3, 0.4) is 0 Å². The van der Waals surface area contributed by atoms with Gasteiger partial charge in [0.1, 0.15) is 22.7 Å². The van der Waals surface area contributed by atoms with Crippen molar-refractivity contribution >= 4 is 27.9 Å². The average molecular weight is 630 g/mol.